The molecule has 278 valence electrons. The monoisotopic (exact) mass is 752 g/mol. The second-order valence-corrected chi connectivity index (χ2v) is 15.3. The van der Waals surface area contributed by atoms with Gasteiger partial charge in [-0.15, -0.1) is 0 Å². The first kappa shape index (κ1) is 34.6. The number of hydrogen-bond acceptors (Lipinski definition) is 2. The summed E-state index contributed by atoms with van der Waals surface area (Å²) in [7, 11) is 0. The molecule has 0 saturated carbocycles. The molecular formula is C57H40N2. The van der Waals surface area contributed by atoms with Gasteiger partial charge in [0.25, 0.3) is 0 Å². The third kappa shape index (κ3) is 6.32. The Morgan fingerprint density at radius 3 is 1.44 bits per heavy atom. The molecule has 2 heteroatoms. The van der Waals surface area contributed by atoms with Crippen molar-refractivity contribution in [3.63, 3.8) is 0 Å². The van der Waals surface area contributed by atoms with Gasteiger partial charge in [0, 0.05) is 34.9 Å². The molecule has 0 fully saturated rings. The molecule has 0 spiro atoms. The van der Waals surface area contributed by atoms with Crippen LogP contribution in [-0.4, -0.2) is 0 Å². The minimum atomic E-state index is 0.917. The fraction of sp³-hybridized carbons (Fsp3) is 0.0175. The molecule has 11 rings (SSSR count). The quantitative estimate of drug-likeness (QED) is 0.143. The van der Waals surface area contributed by atoms with Crippen LogP contribution in [0.1, 0.15) is 11.1 Å². The van der Waals surface area contributed by atoms with Crippen molar-refractivity contribution in [3.8, 4) is 33.4 Å². The topological polar surface area (TPSA) is 6.48 Å². The fourth-order valence-corrected chi connectivity index (χ4v) is 8.97. The molecule has 0 radical (unpaired) electrons. The number of nitrogens with zero attached hydrogens (tertiary/aromatic N) is 2. The average Bonchev–Trinajstić information content (AvgIpc) is 3.70. The van der Waals surface area contributed by atoms with E-state index in [4.69, 9.17) is 0 Å². The van der Waals surface area contributed by atoms with Gasteiger partial charge in [0.1, 0.15) is 0 Å². The van der Waals surface area contributed by atoms with E-state index in [9.17, 15) is 0 Å². The van der Waals surface area contributed by atoms with Gasteiger partial charge in [-0.05, 0) is 133 Å². The van der Waals surface area contributed by atoms with Gasteiger partial charge in [-0.2, -0.15) is 0 Å². The molecule has 1 aliphatic rings. The minimum Gasteiger partial charge on any atom is -0.310 e. The molecule has 59 heavy (non-hydrogen) atoms. The van der Waals surface area contributed by atoms with Crippen molar-refractivity contribution in [1.29, 1.82) is 0 Å². The highest BCUT2D eigenvalue weighted by Gasteiger charge is 2.25. The van der Waals surface area contributed by atoms with Crippen LogP contribution in [0.3, 0.4) is 0 Å². The first-order chi connectivity index (χ1) is 29.2. The number of para-hydroxylation sites is 1. The third-order valence-corrected chi connectivity index (χ3v) is 11.9. The molecule has 1 aliphatic carbocycles. The molecule has 0 aromatic heterocycles. The first-order valence-electron chi connectivity index (χ1n) is 20.4. The van der Waals surface area contributed by atoms with E-state index in [1.54, 1.807) is 0 Å². The van der Waals surface area contributed by atoms with Gasteiger partial charge in [0.2, 0.25) is 0 Å². The van der Waals surface area contributed by atoms with Gasteiger partial charge in [-0.25, -0.2) is 0 Å². The predicted octanol–water partition coefficient (Wildman–Crippen LogP) is 15.8. The maximum atomic E-state index is 2.43. The van der Waals surface area contributed by atoms with E-state index in [2.05, 4.69) is 240 Å². The average molecular weight is 753 g/mol. The van der Waals surface area contributed by atoms with Crippen LogP contribution in [0.2, 0.25) is 0 Å². The smallest absolute Gasteiger partial charge is 0.0503 e. The predicted molar refractivity (Wildman–Crippen MR) is 250 cm³/mol. The minimum absolute atomic E-state index is 0.917. The fourth-order valence-electron chi connectivity index (χ4n) is 8.97. The number of hydrogen-bond donors (Lipinski definition) is 0. The lowest BCUT2D eigenvalue weighted by Gasteiger charge is -2.28. The van der Waals surface area contributed by atoms with Gasteiger partial charge in [-0.1, -0.05) is 164 Å². The summed E-state index contributed by atoms with van der Waals surface area (Å²) in [6.07, 6.45) is 0.917. The molecule has 0 saturated heterocycles. The lowest BCUT2D eigenvalue weighted by atomic mass is 10.0. The lowest BCUT2D eigenvalue weighted by molar-refractivity contribution is 1.20. The molecule has 0 aliphatic heterocycles. The van der Waals surface area contributed by atoms with Crippen LogP contribution in [0.4, 0.5) is 34.1 Å². The van der Waals surface area contributed by atoms with E-state index >= 15 is 0 Å². The Morgan fingerprint density at radius 1 is 0.288 bits per heavy atom. The Balaban J connectivity index is 0.951. The molecule has 0 unspecified atom stereocenters. The summed E-state index contributed by atoms with van der Waals surface area (Å²) < 4.78 is 0. The third-order valence-electron chi connectivity index (χ3n) is 11.9. The van der Waals surface area contributed by atoms with Crippen molar-refractivity contribution >= 4 is 55.7 Å². The molecule has 0 amide bonds. The zero-order valence-electron chi connectivity index (χ0n) is 32.5. The van der Waals surface area contributed by atoms with E-state index in [-0.39, 0.29) is 0 Å². The number of anilines is 6. The summed E-state index contributed by atoms with van der Waals surface area (Å²) in [5.74, 6) is 0. The molecule has 10 aromatic carbocycles. The van der Waals surface area contributed by atoms with Crippen LogP contribution in [-0.2, 0) is 6.42 Å². The van der Waals surface area contributed by atoms with Gasteiger partial charge < -0.3 is 9.80 Å². The van der Waals surface area contributed by atoms with Crippen LogP contribution in [0.15, 0.2) is 231 Å². The summed E-state index contributed by atoms with van der Waals surface area (Å²) in [5.41, 5.74) is 17.0. The first-order valence-corrected chi connectivity index (χ1v) is 20.4. The van der Waals surface area contributed by atoms with E-state index in [1.165, 1.54) is 71.7 Å². The van der Waals surface area contributed by atoms with Crippen LogP contribution in [0.5, 0.6) is 0 Å². The molecule has 0 heterocycles. The van der Waals surface area contributed by atoms with E-state index in [0.717, 1.165) is 34.9 Å². The van der Waals surface area contributed by atoms with Crippen LogP contribution < -0.4 is 9.80 Å². The Hall–Kier alpha value is -7.68. The van der Waals surface area contributed by atoms with Crippen LogP contribution in [0, 0.1) is 0 Å². The van der Waals surface area contributed by atoms with E-state index in [0.29, 0.717) is 0 Å². The zero-order chi connectivity index (χ0) is 39.1. The molecule has 0 N–H and O–H groups in total. The second kappa shape index (κ2) is 14.7. The number of fused-ring (bicyclic) bond motifs is 6. The largest absolute Gasteiger partial charge is 0.310 e. The van der Waals surface area contributed by atoms with E-state index < -0.39 is 0 Å². The SMILES string of the molecule is c1ccc(-c2ccc(N(c3ccc(-c4ccc(N(c5ccccc5)c5ccc6ccc7ccccc7c6c5)cc4)cc3)c3cccc4c3Cc3ccccc3-4)cc2)cc1. The van der Waals surface area contributed by atoms with Gasteiger partial charge in [0.05, 0.1) is 5.69 Å². The Bertz CT molecular complexity index is 3100. The second-order valence-electron chi connectivity index (χ2n) is 15.3. The molecule has 0 atom stereocenters. The summed E-state index contributed by atoms with van der Waals surface area (Å²) in [6, 6.07) is 83.8. The summed E-state index contributed by atoms with van der Waals surface area (Å²) >= 11 is 0. The lowest BCUT2D eigenvalue weighted by Crippen LogP contribution is -2.12. The van der Waals surface area contributed by atoms with Gasteiger partial charge in [0.15, 0.2) is 0 Å². The highest BCUT2D eigenvalue weighted by molar-refractivity contribution is 6.09. The van der Waals surface area contributed by atoms with Gasteiger partial charge in [-0.3, -0.25) is 0 Å². The van der Waals surface area contributed by atoms with Crippen molar-refractivity contribution in [2.75, 3.05) is 9.80 Å². The van der Waals surface area contributed by atoms with Crippen LogP contribution >= 0.6 is 0 Å². The molecule has 0 bridgehead atoms. The molecular weight excluding hydrogens is 713 g/mol. The van der Waals surface area contributed by atoms with Crippen molar-refractivity contribution < 1.29 is 0 Å². The Labute approximate surface area is 345 Å². The van der Waals surface area contributed by atoms with Gasteiger partial charge >= 0.3 is 0 Å². The van der Waals surface area contributed by atoms with Crippen LogP contribution in [0.25, 0.3) is 54.9 Å². The van der Waals surface area contributed by atoms with Crippen molar-refractivity contribution in [2.24, 2.45) is 0 Å². The number of benzene rings is 10. The highest BCUT2D eigenvalue weighted by Crippen LogP contribution is 2.46. The maximum absolute atomic E-state index is 2.43. The van der Waals surface area contributed by atoms with Crippen molar-refractivity contribution in [2.45, 2.75) is 6.42 Å². The normalized spacial score (nSPS) is 11.7. The molecule has 10 aromatic rings. The highest BCUT2D eigenvalue weighted by atomic mass is 15.1. The number of rotatable bonds is 8. The standard InChI is InChI=1S/C57H40N2/c1-3-12-40(13-4-1)41-26-33-49(34-27-41)59(57-21-11-20-54-53-19-10-8-15-46(53)38-56(54)57)50-35-28-43(29-36-50)42-24-31-48(32-25-42)58(47-16-5-2-6-17-47)51-37-30-45-23-22-44-14-7-9-18-52(44)55(45)39-51/h1-37,39H,38H2. The molecule has 2 nitrogen and oxygen atoms in total. The van der Waals surface area contributed by atoms with E-state index in [1.807, 2.05) is 0 Å². The van der Waals surface area contributed by atoms with Crippen molar-refractivity contribution in [1.82, 2.24) is 0 Å². The van der Waals surface area contributed by atoms with Crippen molar-refractivity contribution in [3.05, 3.63) is 242 Å². The Kier molecular flexibility index (Phi) is 8.60. The summed E-state index contributed by atoms with van der Waals surface area (Å²) in [4.78, 5) is 4.78. The Morgan fingerprint density at radius 2 is 0.763 bits per heavy atom. The maximum Gasteiger partial charge on any atom is 0.0503 e. The summed E-state index contributed by atoms with van der Waals surface area (Å²) in [6.45, 7) is 0. The summed E-state index contributed by atoms with van der Waals surface area (Å²) in [5, 5.41) is 5.01. The zero-order valence-corrected chi connectivity index (χ0v) is 32.5.